The highest BCUT2D eigenvalue weighted by Crippen LogP contribution is 2.20. The Balaban J connectivity index is 1.47. The van der Waals surface area contributed by atoms with Crippen LogP contribution in [0.25, 0.3) is 0 Å². The zero-order chi connectivity index (χ0) is 15.4. The molecule has 5 heteroatoms. The van der Waals surface area contributed by atoms with Gasteiger partial charge in [0.1, 0.15) is 0 Å². The second-order valence-corrected chi connectivity index (χ2v) is 6.70. The van der Waals surface area contributed by atoms with E-state index in [-0.39, 0.29) is 0 Å². The average molecular weight is 324 g/mol. The smallest absolute Gasteiger partial charge is 0.0594 e. The molecule has 1 aromatic carbocycles. The van der Waals surface area contributed by atoms with Crippen molar-refractivity contribution < 1.29 is 4.74 Å². The fraction of sp³-hybridized carbons (Fsp3) is 0.647. The van der Waals surface area contributed by atoms with Gasteiger partial charge in [0.25, 0.3) is 0 Å². The molecule has 0 N–H and O–H groups in total. The summed E-state index contributed by atoms with van der Waals surface area (Å²) >= 11 is 5.97. The highest BCUT2D eigenvalue weighted by molar-refractivity contribution is 6.30. The van der Waals surface area contributed by atoms with E-state index in [4.69, 9.17) is 16.3 Å². The van der Waals surface area contributed by atoms with Gasteiger partial charge in [-0.3, -0.25) is 9.80 Å². The van der Waals surface area contributed by atoms with Gasteiger partial charge in [0.15, 0.2) is 0 Å². The van der Waals surface area contributed by atoms with Crippen molar-refractivity contribution in [1.29, 1.82) is 0 Å². The van der Waals surface area contributed by atoms with Crippen molar-refractivity contribution in [2.24, 2.45) is 0 Å². The lowest BCUT2D eigenvalue weighted by molar-refractivity contribution is 0.0239. The monoisotopic (exact) mass is 323 g/mol. The summed E-state index contributed by atoms with van der Waals surface area (Å²) in [4.78, 5) is 7.59. The molecule has 2 aliphatic heterocycles. The molecule has 0 aromatic heterocycles. The number of piperazine rings is 1. The van der Waals surface area contributed by atoms with Crippen LogP contribution in [0.4, 0.5) is 5.69 Å². The summed E-state index contributed by atoms with van der Waals surface area (Å²) in [6.45, 7) is 11.9. The third-order valence-electron chi connectivity index (χ3n) is 4.76. The Morgan fingerprint density at radius 1 is 1.00 bits per heavy atom. The minimum Gasteiger partial charge on any atom is -0.379 e. The lowest BCUT2D eigenvalue weighted by atomic mass is 10.2. The maximum Gasteiger partial charge on any atom is 0.0594 e. The molecule has 2 saturated heterocycles. The van der Waals surface area contributed by atoms with Gasteiger partial charge in [-0.15, -0.1) is 0 Å². The normalized spacial score (nSPS) is 22.7. The SMILES string of the molecule is C[C@@H](CN1CCOCC1)N1CCN(c2ccc(Cl)cc2)CC1. The van der Waals surface area contributed by atoms with E-state index >= 15 is 0 Å². The second kappa shape index (κ2) is 7.64. The molecule has 0 aliphatic carbocycles. The Kier molecular flexibility index (Phi) is 5.58. The molecule has 22 heavy (non-hydrogen) atoms. The van der Waals surface area contributed by atoms with E-state index in [9.17, 15) is 0 Å². The molecular weight excluding hydrogens is 298 g/mol. The standard InChI is InChI=1S/C17H26ClN3O/c1-15(14-19-10-12-22-13-11-19)20-6-8-21(9-7-20)17-4-2-16(18)3-5-17/h2-5,15H,6-14H2,1H3/t15-/m0/s1. The summed E-state index contributed by atoms with van der Waals surface area (Å²) in [5.41, 5.74) is 1.28. The van der Waals surface area contributed by atoms with Gasteiger partial charge in [-0.05, 0) is 31.2 Å². The van der Waals surface area contributed by atoms with Crippen LogP contribution in [0.2, 0.25) is 5.02 Å². The molecule has 1 atom stereocenters. The molecular formula is C17H26ClN3O. The third-order valence-corrected chi connectivity index (χ3v) is 5.01. The maximum atomic E-state index is 5.97. The number of rotatable bonds is 4. The van der Waals surface area contributed by atoms with Crippen LogP contribution in [-0.2, 0) is 4.74 Å². The predicted molar refractivity (Wildman–Crippen MR) is 92.0 cm³/mol. The molecule has 0 spiro atoms. The van der Waals surface area contributed by atoms with Crippen molar-refractivity contribution in [3.8, 4) is 0 Å². The summed E-state index contributed by atoms with van der Waals surface area (Å²) in [5, 5.41) is 0.807. The van der Waals surface area contributed by atoms with Crippen LogP contribution in [0.5, 0.6) is 0 Å². The molecule has 2 heterocycles. The maximum absolute atomic E-state index is 5.97. The highest BCUT2D eigenvalue weighted by Gasteiger charge is 2.23. The quantitative estimate of drug-likeness (QED) is 0.845. The third kappa shape index (κ3) is 4.13. The molecule has 0 bridgehead atoms. The topological polar surface area (TPSA) is 19.0 Å². The molecule has 2 aliphatic rings. The molecule has 0 radical (unpaired) electrons. The van der Waals surface area contributed by atoms with Crippen molar-refractivity contribution in [2.75, 3.05) is 63.9 Å². The molecule has 0 amide bonds. The minimum absolute atomic E-state index is 0.616. The van der Waals surface area contributed by atoms with Crippen LogP contribution in [0.1, 0.15) is 6.92 Å². The molecule has 1 aromatic rings. The first-order valence-electron chi connectivity index (χ1n) is 8.27. The van der Waals surface area contributed by atoms with E-state index in [2.05, 4.69) is 33.8 Å². The molecule has 122 valence electrons. The van der Waals surface area contributed by atoms with Crippen LogP contribution in [0, 0.1) is 0 Å². The summed E-state index contributed by atoms with van der Waals surface area (Å²) in [7, 11) is 0. The Labute approximate surface area is 138 Å². The number of anilines is 1. The number of benzene rings is 1. The van der Waals surface area contributed by atoms with Gasteiger partial charge < -0.3 is 9.64 Å². The molecule has 0 unspecified atom stereocenters. The van der Waals surface area contributed by atoms with Crippen molar-refractivity contribution in [3.05, 3.63) is 29.3 Å². The molecule has 4 nitrogen and oxygen atoms in total. The molecule has 0 saturated carbocycles. The van der Waals surface area contributed by atoms with Crippen LogP contribution in [0.3, 0.4) is 0 Å². The van der Waals surface area contributed by atoms with Crippen LogP contribution < -0.4 is 4.90 Å². The summed E-state index contributed by atoms with van der Waals surface area (Å²) in [5.74, 6) is 0. The molecule has 2 fully saturated rings. The van der Waals surface area contributed by atoms with Gasteiger partial charge in [0.05, 0.1) is 13.2 Å². The number of morpholine rings is 1. The van der Waals surface area contributed by atoms with E-state index in [0.717, 1.165) is 64.0 Å². The Hall–Kier alpha value is -0.810. The van der Waals surface area contributed by atoms with Crippen LogP contribution in [-0.4, -0.2) is 74.9 Å². The minimum atomic E-state index is 0.616. The molecule has 3 rings (SSSR count). The zero-order valence-electron chi connectivity index (χ0n) is 13.4. The summed E-state index contributed by atoms with van der Waals surface area (Å²) < 4.78 is 5.43. The number of nitrogens with zero attached hydrogens (tertiary/aromatic N) is 3. The second-order valence-electron chi connectivity index (χ2n) is 6.26. The van der Waals surface area contributed by atoms with E-state index in [0.29, 0.717) is 6.04 Å². The van der Waals surface area contributed by atoms with Gasteiger partial charge in [0, 0.05) is 62.6 Å². The van der Waals surface area contributed by atoms with Crippen molar-refractivity contribution in [3.63, 3.8) is 0 Å². The van der Waals surface area contributed by atoms with Gasteiger partial charge >= 0.3 is 0 Å². The van der Waals surface area contributed by atoms with Crippen molar-refractivity contribution in [1.82, 2.24) is 9.80 Å². The summed E-state index contributed by atoms with van der Waals surface area (Å²) in [6, 6.07) is 8.81. The first-order chi connectivity index (χ1) is 10.7. The Morgan fingerprint density at radius 3 is 2.27 bits per heavy atom. The van der Waals surface area contributed by atoms with Gasteiger partial charge in [-0.25, -0.2) is 0 Å². The predicted octanol–water partition coefficient (Wildman–Crippen LogP) is 2.18. The first kappa shape index (κ1) is 16.1. The van der Waals surface area contributed by atoms with E-state index in [1.54, 1.807) is 0 Å². The zero-order valence-corrected chi connectivity index (χ0v) is 14.1. The van der Waals surface area contributed by atoms with Crippen LogP contribution >= 0.6 is 11.6 Å². The highest BCUT2D eigenvalue weighted by atomic mass is 35.5. The average Bonchev–Trinajstić information content (AvgIpc) is 2.57. The van der Waals surface area contributed by atoms with E-state index in [1.807, 2.05) is 12.1 Å². The van der Waals surface area contributed by atoms with E-state index < -0.39 is 0 Å². The van der Waals surface area contributed by atoms with Gasteiger partial charge in [-0.1, -0.05) is 11.6 Å². The number of ether oxygens (including phenoxy) is 1. The first-order valence-corrected chi connectivity index (χ1v) is 8.65. The fourth-order valence-electron chi connectivity index (χ4n) is 3.35. The van der Waals surface area contributed by atoms with Gasteiger partial charge in [-0.2, -0.15) is 0 Å². The van der Waals surface area contributed by atoms with Crippen molar-refractivity contribution >= 4 is 17.3 Å². The fourth-order valence-corrected chi connectivity index (χ4v) is 3.47. The lowest BCUT2D eigenvalue weighted by Gasteiger charge is -2.41. The van der Waals surface area contributed by atoms with Crippen molar-refractivity contribution in [2.45, 2.75) is 13.0 Å². The Bertz CT molecular complexity index is 453. The number of hydrogen-bond donors (Lipinski definition) is 0. The van der Waals surface area contributed by atoms with Crippen LogP contribution in [0.15, 0.2) is 24.3 Å². The number of halogens is 1. The Morgan fingerprint density at radius 2 is 1.64 bits per heavy atom. The number of hydrogen-bond acceptors (Lipinski definition) is 4. The largest absolute Gasteiger partial charge is 0.379 e. The lowest BCUT2D eigenvalue weighted by Crippen LogP contribution is -2.53. The van der Waals surface area contributed by atoms with Gasteiger partial charge in [0.2, 0.25) is 0 Å². The van der Waals surface area contributed by atoms with E-state index in [1.165, 1.54) is 5.69 Å². The summed E-state index contributed by atoms with van der Waals surface area (Å²) in [6.07, 6.45) is 0.